The topological polar surface area (TPSA) is 62.3 Å². The lowest BCUT2D eigenvalue weighted by Gasteiger charge is -2.17. The Balaban J connectivity index is 2.41. The SMILES string of the molecule is COCc1ccc(Cl)cc1-c1c(CCO)c(=O)[nH]c2cc(C(F)(F)F)ccc12. The zero-order valence-electron chi connectivity index (χ0n) is 14.9. The molecule has 0 bridgehead atoms. The largest absolute Gasteiger partial charge is 0.416 e. The van der Waals surface area contributed by atoms with E-state index in [0.29, 0.717) is 21.5 Å². The fraction of sp³-hybridized carbons (Fsp3) is 0.250. The van der Waals surface area contributed by atoms with Crippen molar-refractivity contribution in [1.82, 2.24) is 4.98 Å². The van der Waals surface area contributed by atoms with Crippen LogP contribution in [-0.2, 0) is 23.9 Å². The number of fused-ring (bicyclic) bond motifs is 1. The first-order valence-electron chi connectivity index (χ1n) is 8.41. The Bertz CT molecular complexity index is 1080. The molecule has 8 heteroatoms. The van der Waals surface area contributed by atoms with Gasteiger partial charge >= 0.3 is 6.18 Å². The van der Waals surface area contributed by atoms with Crippen LogP contribution < -0.4 is 5.56 Å². The van der Waals surface area contributed by atoms with Gasteiger partial charge in [-0.1, -0.05) is 23.7 Å². The van der Waals surface area contributed by atoms with E-state index in [1.54, 1.807) is 18.2 Å². The van der Waals surface area contributed by atoms with Gasteiger partial charge in [0.05, 0.1) is 12.2 Å². The van der Waals surface area contributed by atoms with E-state index in [4.69, 9.17) is 16.3 Å². The molecule has 0 atom stereocenters. The highest BCUT2D eigenvalue weighted by atomic mass is 35.5. The standard InChI is InChI=1S/C20H17ClF3NO3/c1-28-10-11-2-4-13(21)9-16(11)18-14-5-3-12(20(22,23)24)8-17(14)25-19(27)15(18)6-7-26/h2-5,8-9,26H,6-7,10H2,1H3,(H,25,27). The van der Waals surface area contributed by atoms with Gasteiger partial charge in [-0.15, -0.1) is 0 Å². The van der Waals surface area contributed by atoms with E-state index in [-0.39, 0.29) is 30.7 Å². The number of aliphatic hydroxyl groups excluding tert-OH is 1. The lowest BCUT2D eigenvalue weighted by molar-refractivity contribution is -0.137. The smallest absolute Gasteiger partial charge is 0.396 e. The number of pyridine rings is 1. The Morgan fingerprint density at radius 3 is 2.57 bits per heavy atom. The average Bonchev–Trinajstić information content (AvgIpc) is 2.63. The van der Waals surface area contributed by atoms with Gasteiger partial charge in [0.2, 0.25) is 0 Å². The highest BCUT2D eigenvalue weighted by molar-refractivity contribution is 6.31. The molecular weight excluding hydrogens is 395 g/mol. The third-order valence-electron chi connectivity index (χ3n) is 4.44. The van der Waals surface area contributed by atoms with Crippen molar-refractivity contribution in [3.8, 4) is 11.1 Å². The zero-order valence-corrected chi connectivity index (χ0v) is 15.6. The van der Waals surface area contributed by atoms with Crippen molar-refractivity contribution in [2.45, 2.75) is 19.2 Å². The maximum atomic E-state index is 13.1. The molecule has 1 heterocycles. The molecule has 2 aromatic carbocycles. The van der Waals surface area contributed by atoms with Crippen LogP contribution in [0.4, 0.5) is 13.2 Å². The molecule has 0 fully saturated rings. The van der Waals surface area contributed by atoms with Crippen molar-refractivity contribution in [2.75, 3.05) is 13.7 Å². The summed E-state index contributed by atoms with van der Waals surface area (Å²) in [5.74, 6) is 0. The van der Waals surface area contributed by atoms with Crippen molar-refractivity contribution < 1.29 is 23.0 Å². The average molecular weight is 412 g/mol. The van der Waals surface area contributed by atoms with Crippen LogP contribution in [0.25, 0.3) is 22.0 Å². The lowest BCUT2D eigenvalue weighted by Crippen LogP contribution is -2.17. The zero-order chi connectivity index (χ0) is 20.5. The van der Waals surface area contributed by atoms with Crippen LogP contribution in [0.2, 0.25) is 5.02 Å². The number of aliphatic hydroxyl groups is 1. The van der Waals surface area contributed by atoms with E-state index in [1.165, 1.54) is 13.2 Å². The van der Waals surface area contributed by atoms with Gasteiger partial charge in [-0.25, -0.2) is 0 Å². The Labute approximate surface area is 163 Å². The molecule has 0 spiro atoms. The summed E-state index contributed by atoms with van der Waals surface area (Å²) in [5, 5.41) is 10.2. The molecule has 3 rings (SSSR count). The first-order valence-corrected chi connectivity index (χ1v) is 8.78. The molecule has 2 N–H and O–H groups in total. The van der Waals surface area contributed by atoms with E-state index in [0.717, 1.165) is 17.7 Å². The molecule has 0 aliphatic rings. The van der Waals surface area contributed by atoms with Crippen molar-refractivity contribution in [2.24, 2.45) is 0 Å². The lowest BCUT2D eigenvalue weighted by atomic mass is 9.91. The maximum Gasteiger partial charge on any atom is 0.416 e. The molecule has 0 unspecified atom stereocenters. The van der Waals surface area contributed by atoms with E-state index in [9.17, 15) is 23.1 Å². The minimum Gasteiger partial charge on any atom is -0.396 e. The van der Waals surface area contributed by atoms with E-state index in [2.05, 4.69) is 4.98 Å². The second-order valence-electron chi connectivity index (χ2n) is 6.27. The molecule has 0 radical (unpaired) electrons. The van der Waals surface area contributed by atoms with Gasteiger partial charge in [0.1, 0.15) is 0 Å². The van der Waals surface area contributed by atoms with Crippen LogP contribution in [0.1, 0.15) is 16.7 Å². The number of benzene rings is 2. The van der Waals surface area contributed by atoms with Gasteiger partial charge in [0.25, 0.3) is 5.56 Å². The molecular formula is C20H17ClF3NO3. The maximum absolute atomic E-state index is 13.1. The summed E-state index contributed by atoms with van der Waals surface area (Å²) >= 11 is 6.15. The molecule has 0 saturated heterocycles. The third-order valence-corrected chi connectivity index (χ3v) is 4.68. The monoisotopic (exact) mass is 411 g/mol. The number of hydrogen-bond acceptors (Lipinski definition) is 3. The van der Waals surface area contributed by atoms with Crippen molar-refractivity contribution in [3.05, 3.63) is 68.5 Å². The van der Waals surface area contributed by atoms with Crippen molar-refractivity contribution in [3.63, 3.8) is 0 Å². The van der Waals surface area contributed by atoms with Gasteiger partial charge in [-0.3, -0.25) is 4.79 Å². The normalized spacial score (nSPS) is 11.9. The number of halogens is 4. The Morgan fingerprint density at radius 2 is 1.93 bits per heavy atom. The number of H-pyrrole nitrogens is 1. The summed E-state index contributed by atoms with van der Waals surface area (Å²) in [7, 11) is 1.51. The predicted octanol–water partition coefficient (Wildman–Crippen LogP) is 4.55. The highest BCUT2D eigenvalue weighted by Gasteiger charge is 2.31. The molecule has 0 amide bonds. The summed E-state index contributed by atoms with van der Waals surface area (Å²) in [5.41, 5.74) is 0.649. The summed E-state index contributed by atoms with van der Waals surface area (Å²) in [6, 6.07) is 8.24. The molecule has 3 aromatic rings. The molecule has 0 saturated carbocycles. The number of methoxy groups -OCH3 is 1. The minimum absolute atomic E-state index is 0.0422. The van der Waals surface area contributed by atoms with Crippen LogP contribution >= 0.6 is 11.6 Å². The number of rotatable bonds is 5. The summed E-state index contributed by atoms with van der Waals surface area (Å²) in [6.07, 6.45) is -4.49. The first kappa shape index (κ1) is 20.4. The Hall–Kier alpha value is -2.35. The Kier molecular flexibility index (Phi) is 5.79. The van der Waals surface area contributed by atoms with Gasteiger partial charge in [0, 0.05) is 47.2 Å². The fourth-order valence-corrected chi connectivity index (χ4v) is 3.41. The summed E-state index contributed by atoms with van der Waals surface area (Å²) in [4.78, 5) is 15.1. The molecule has 28 heavy (non-hydrogen) atoms. The Morgan fingerprint density at radius 1 is 1.18 bits per heavy atom. The van der Waals surface area contributed by atoms with Gasteiger partial charge in [0.15, 0.2) is 0 Å². The summed E-state index contributed by atoms with van der Waals surface area (Å²) < 4.78 is 44.5. The molecule has 1 aromatic heterocycles. The third kappa shape index (κ3) is 3.92. The number of nitrogens with one attached hydrogen (secondary N) is 1. The number of aromatic nitrogens is 1. The van der Waals surface area contributed by atoms with Gasteiger partial charge in [-0.05, 0) is 35.4 Å². The van der Waals surface area contributed by atoms with Crippen LogP contribution in [0.15, 0.2) is 41.2 Å². The molecule has 148 valence electrons. The van der Waals surface area contributed by atoms with Crippen LogP contribution in [0.5, 0.6) is 0 Å². The van der Waals surface area contributed by atoms with Gasteiger partial charge < -0.3 is 14.8 Å². The predicted molar refractivity (Wildman–Crippen MR) is 102 cm³/mol. The number of hydrogen-bond donors (Lipinski definition) is 2. The van der Waals surface area contributed by atoms with Crippen LogP contribution in [0, 0.1) is 0 Å². The van der Waals surface area contributed by atoms with Crippen molar-refractivity contribution >= 4 is 22.5 Å². The van der Waals surface area contributed by atoms with E-state index < -0.39 is 17.3 Å². The second-order valence-corrected chi connectivity index (χ2v) is 6.71. The number of ether oxygens (including phenoxy) is 1. The molecule has 4 nitrogen and oxygen atoms in total. The number of aromatic amines is 1. The van der Waals surface area contributed by atoms with Crippen LogP contribution in [0.3, 0.4) is 0 Å². The quantitative estimate of drug-likeness (QED) is 0.647. The van der Waals surface area contributed by atoms with Crippen molar-refractivity contribution in [1.29, 1.82) is 0 Å². The van der Waals surface area contributed by atoms with E-state index in [1.807, 2.05) is 0 Å². The minimum atomic E-state index is -4.54. The first-order chi connectivity index (χ1) is 13.3. The summed E-state index contributed by atoms with van der Waals surface area (Å²) in [6.45, 7) is -0.0671. The molecule has 0 aliphatic heterocycles. The van der Waals surface area contributed by atoms with Gasteiger partial charge in [-0.2, -0.15) is 13.2 Å². The van der Waals surface area contributed by atoms with Crippen LogP contribution in [-0.4, -0.2) is 23.8 Å². The highest BCUT2D eigenvalue weighted by Crippen LogP contribution is 2.37. The second kappa shape index (κ2) is 7.95. The van der Waals surface area contributed by atoms with E-state index >= 15 is 0 Å². The fourth-order valence-electron chi connectivity index (χ4n) is 3.24. The number of alkyl halides is 3. The molecule has 0 aliphatic carbocycles.